The molecule has 0 amide bonds. The van der Waals surface area contributed by atoms with Crippen molar-refractivity contribution in [1.82, 2.24) is 0 Å². The molecule has 2 unspecified atom stereocenters. The number of nitrogens with two attached hydrogens (primary N) is 1. The second kappa shape index (κ2) is 5.60. The van der Waals surface area contributed by atoms with Crippen LogP contribution in [0.15, 0.2) is 18.2 Å². The van der Waals surface area contributed by atoms with Gasteiger partial charge in [-0.25, -0.2) is 0 Å². The first-order valence-electron chi connectivity index (χ1n) is 5.35. The van der Waals surface area contributed by atoms with E-state index in [1.54, 1.807) is 32.0 Å². The van der Waals surface area contributed by atoms with Gasteiger partial charge in [-0.15, -0.1) is 0 Å². The van der Waals surface area contributed by atoms with E-state index in [0.29, 0.717) is 11.3 Å². The van der Waals surface area contributed by atoms with Gasteiger partial charge in [-0.1, -0.05) is 12.1 Å². The van der Waals surface area contributed by atoms with Crippen LogP contribution >= 0.6 is 0 Å². The van der Waals surface area contributed by atoms with Crippen LogP contribution in [0.1, 0.15) is 12.5 Å². The fraction of sp³-hybridized carbons (Fsp3) is 0.455. The molecule has 0 heterocycles. The van der Waals surface area contributed by atoms with E-state index in [4.69, 9.17) is 5.73 Å². The molecule has 0 aliphatic heterocycles. The quantitative estimate of drug-likeness (QED) is 0.526. The Balaban J connectivity index is 2.84. The summed E-state index contributed by atoms with van der Waals surface area (Å²) in [5, 5.41) is 23.0. The number of para-hydroxylation sites is 1. The van der Waals surface area contributed by atoms with E-state index in [1.807, 2.05) is 0 Å². The van der Waals surface area contributed by atoms with Crippen molar-refractivity contribution in [2.45, 2.75) is 26.0 Å². The van der Waals surface area contributed by atoms with Crippen LogP contribution in [0, 0.1) is 17.0 Å². The fourth-order valence-corrected chi connectivity index (χ4v) is 1.44. The lowest BCUT2D eigenvalue weighted by Crippen LogP contribution is -2.38. The molecule has 6 nitrogen and oxygen atoms in total. The SMILES string of the molecule is Cc1cccc(NCC(N)C(C)O)c1[N+](=O)[O-]. The zero-order chi connectivity index (χ0) is 13.0. The van der Waals surface area contributed by atoms with Crippen LogP contribution in [0.2, 0.25) is 0 Å². The predicted molar refractivity (Wildman–Crippen MR) is 66.0 cm³/mol. The molecule has 1 aromatic carbocycles. The largest absolute Gasteiger partial charge is 0.392 e. The van der Waals surface area contributed by atoms with Crippen molar-refractivity contribution in [3.63, 3.8) is 0 Å². The summed E-state index contributed by atoms with van der Waals surface area (Å²) in [5.41, 5.74) is 6.70. The molecule has 2 atom stereocenters. The molecule has 1 rings (SSSR count). The van der Waals surface area contributed by atoms with Gasteiger partial charge in [0.05, 0.1) is 11.0 Å². The number of nitro groups is 1. The van der Waals surface area contributed by atoms with Crippen LogP contribution in [-0.4, -0.2) is 28.7 Å². The second-order valence-electron chi connectivity index (χ2n) is 4.01. The Bertz CT molecular complexity index is 407. The Hall–Kier alpha value is -1.66. The van der Waals surface area contributed by atoms with E-state index >= 15 is 0 Å². The third-order valence-electron chi connectivity index (χ3n) is 2.57. The van der Waals surface area contributed by atoms with Crippen LogP contribution in [0.5, 0.6) is 0 Å². The highest BCUT2D eigenvalue weighted by atomic mass is 16.6. The number of nitrogens with one attached hydrogen (secondary N) is 1. The summed E-state index contributed by atoms with van der Waals surface area (Å²) in [4.78, 5) is 10.5. The summed E-state index contributed by atoms with van der Waals surface area (Å²) < 4.78 is 0. The average molecular weight is 239 g/mol. The van der Waals surface area contributed by atoms with Gasteiger partial charge in [-0.2, -0.15) is 0 Å². The summed E-state index contributed by atoms with van der Waals surface area (Å²) in [5.74, 6) is 0. The highest BCUT2D eigenvalue weighted by molar-refractivity contribution is 5.65. The molecule has 0 aromatic heterocycles. The lowest BCUT2D eigenvalue weighted by Gasteiger charge is -2.16. The van der Waals surface area contributed by atoms with Crippen LogP contribution in [-0.2, 0) is 0 Å². The first-order valence-corrected chi connectivity index (χ1v) is 5.35. The number of rotatable bonds is 5. The van der Waals surface area contributed by atoms with Gasteiger partial charge in [-0.05, 0) is 19.9 Å². The number of aliphatic hydroxyl groups is 1. The first kappa shape index (κ1) is 13.4. The van der Waals surface area contributed by atoms with Gasteiger partial charge < -0.3 is 16.2 Å². The summed E-state index contributed by atoms with van der Waals surface area (Å²) in [6, 6.07) is 4.58. The highest BCUT2D eigenvalue weighted by Crippen LogP contribution is 2.27. The van der Waals surface area contributed by atoms with Crippen molar-refractivity contribution in [2.75, 3.05) is 11.9 Å². The van der Waals surface area contributed by atoms with Crippen molar-refractivity contribution in [2.24, 2.45) is 5.73 Å². The van der Waals surface area contributed by atoms with Gasteiger partial charge in [0.25, 0.3) is 5.69 Å². The van der Waals surface area contributed by atoms with Crippen molar-refractivity contribution < 1.29 is 10.0 Å². The second-order valence-corrected chi connectivity index (χ2v) is 4.01. The topological polar surface area (TPSA) is 101 Å². The smallest absolute Gasteiger partial charge is 0.295 e. The molecule has 0 aliphatic carbocycles. The Kier molecular flexibility index (Phi) is 4.42. The molecule has 0 bridgehead atoms. The maximum absolute atomic E-state index is 10.9. The van der Waals surface area contributed by atoms with Gasteiger partial charge in [0.15, 0.2) is 0 Å². The summed E-state index contributed by atoms with van der Waals surface area (Å²) in [6.07, 6.45) is -0.661. The standard InChI is InChI=1S/C11H17N3O3/c1-7-4-3-5-10(11(7)14(16)17)13-6-9(12)8(2)15/h3-5,8-9,13,15H,6,12H2,1-2H3. The number of nitro benzene ring substituents is 1. The minimum atomic E-state index is -0.661. The normalized spacial score (nSPS) is 14.1. The molecular weight excluding hydrogens is 222 g/mol. The van der Waals surface area contributed by atoms with E-state index in [9.17, 15) is 15.2 Å². The van der Waals surface area contributed by atoms with Crippen molar-refractivity contribution >= 4 is 11.4 Å². The monoisotopic (exact) mass is 239 g/mol. The molecule has 0 aliphatic rings. The minimum Gasteiger partial charge on any atom is -0.392 e. The molecule has 1 aromatic rings. The molecular formula is C11H17N3O3. The van der Waals surface area contributed by atoms with Crippen molar-refractivity contribution in [3.8, 4) is 0 Å². The zero-order valence-electron chi connectivity index (χ0n) is 9.88. The van der Waals surface area contributed by atoms with Gasteiger partial charge in [0, 0.05) is 18.2 Å². The average Bonchev–Trinajstić information content (AvgIpc) is 2.24. The summed E-state index contributed by atoms with van der Waals surface area (Å²) in [6.45, 7) is 3.54. The van der Waals surface area contributed by atoms with Gasteiger partial charge in [0.1, 0.15) is 5.69 Å². The molecule has 0 fully saturated rings. The third-order valence-corrected chi connectivity index (χ3v) is 2.57. The Morgan fingerprint density at radius 2 is 2.24 bits per heavy atom. The Morgan fingerprint density at radius 1 is 1.59 bits per heavy atom. The van der Waals surface area contributed by atoms with Crippen LogP contribution in [0.3, 0.4) is 0 Å². The van der Waals surface area contributed by atoms with Crippen molar-refractivity contribution in [1.29, 1.82) is 0 Å². The molecule has 17 heavy (non-hydrogen) atoms. The maximum Gasteiger partial charge on any atom is 0.295 e. The van der Waals surface area contributed by atoms with E-state index in [0.717, 1.165) is 0 Å². The molecule has 0 spiro atoms. The Labute approximate surface area is 99.6 Å². The fourth-order valence-electron chi connectivity index (χ4n) is 1.44. The van der Waals surface area contributed by atoms with E-state index in [-0.39, 0.29) is 12.2 Å². The molecule has 0 radical (unpaired) electrons. The van der Waals surface area contributed by atoms with Crippen LogP contribution in [0.25, 0.3) is 0 Å². The zero-order valence-corrected chi connectivity index (χ0v) is 9.88. The number of hydrogen-bond donors (Lipinski definition) is 3. The first-order chi connectivity index (χ1) is 7.93. The lowest BCUT2D eigenvalue weighted by atomic mass is 10.1. The minimum absolute atomic E-state index is 0.0466. The Morgan fingerprint density at radius 3 is 2.76 bits per heavy atom. The number of anilines is 1. The number of aliphatic hydroxyl groups excluding tert-OH is 1. The number of benzene rings is 1. The van der Waals surface area contributed by atoms with E-state index in [1.165, 1.54) is 0 Å². The van der Waals surface area contributed by atoms with Crippen molar-refractivity contribution in [3.05, 3.63) is 33.9 Å². The molecule has 94 valence electrons. The van der Waals surface area contributed by atoms with Crippen LogP contribution < -0.4 is 11.1 Å². The lowest BCUT2D eigenvalue weighted by molar-refractivity contribution is -0.384. The molecule has 4 N–H and O–H groups in total. The molecule has 0 saturated carbocycles. The number of nitrogens with zero attached hydrogens (tertiary/aromatic N) is 1. The van der Waals surface area contributed by atoms with E-state index < -0.39 is 17.1 Å². The predicted octanol–water partition coefficient (Wildman–Crippen LogP) is 1.02. The van der Waals surface area contributed by atoms with E-state index in [2.05, 4.69) is 5.32 Å². The molecule has 0 saturated heterocycles. The summed E-state index contributed by atoms with van der Waals surface area (Å²) >= 11 is 0. The number of hydrogen-bond acceptors (Lipinski definition) is 5. The molecule has 6 heteroatoms. The van der Waals surface area contributed by atoms with Gasteiger partial charge in [-0.3, -0.25) is 10.1 Å². The summed E-state index contributed by atoms with van der Waals surface area (Å²) in [7, 11) is 0. The van der Waals surface area contributed by atoms with Gasteiger partial charge >= 0.3 is 0 Å². The van der Waals surface area contributed by atoms with Gasteiger partial charge in [0.2, 0.25) is 0 Å². The van der Waals surface area contributed by atoms with Crippen LogP contribution in [0.4, 0.5) is 11.4 Å². The maximum atomic E-state index is 10.9. The highest BCUT2D eigenvalue weighted by Gasteiger charge is 2.17. The third kappa shape index (κ3) is 3.40. The number of aryl methyl sites for hydroxylation is 1.